The SMILES string of the molecule is NC(=NC1CCCOC1)c1cnc2cccnn12. The first-order chi connectivity index (χ1) is 8.84. The summed E-state index contributed by atoms with van der Waals surface area (Å²) in [7, 11) is 0. The van der Waals surface area contributed by atoms with E-state index in [4.69, 9.17) is 10.5 Å². The first-order valence-electron chi connectivity index (χ1n) is 6.05. The Hall–Kier alpha value is -1.95. The number of amidine groups is 1. The molecule has 3 heterocycles. The molecule has 0 aromatic carbocycles. The van der Waals surface area contributed by atoms with E-state index in [9.17, 15) is 0 Å². The Labute approximate surface area is 104 Å². The standard InChI is InChI=1S/C12H15N5O/c13-12(16-9-3-2-6-18-8-9)10-7-14-11-4-1-5-15-17(10)11/h1,4-5,7,9H,2-3,6,8H2,(H2,13,16). The van der Waals surface area contributed by atoms with Crippen LogP contribution in [0.1, 0.15) is 18.5 Å². The molecule has 1 aliphatic rings. The summed E-state index contributed by atoms with van der Waals surface area (Å²) in [4.78, 5) is 8.74. The third kappa shape index (κ3) is 2.06. The Balaban J connectivity index is 1.91. The fourth-order valence-electron chi connectivity index (χ4n) is 2.09. The molecule has 0 saturated carbocycles. The number of rotatable bonds is 2. The second kappa shape index (κ2) is 4.73. The van der Waals surface area contributed by atoms with E-state index >= 15 is 0 Å². The molecule has 1 fully saturated rings. The lowest BCUT2D eigenvalue weighted by molar-refractivity contribution is 0.0828. The molecule has 0 spiro atoms. The van der Waals surface area contributed by atoms with E-state index in [0.29, 0.717) is 12.4 Å². The van der Waals surface area contributed by atoms with Gasteiger partial charge in [-0.2, -0.15) is 5.10 Å². The average Bonchev–Trinajstić information content (AvgIpc) is 2.84. The molecule has 2 aromatic heterocycles. The molecule has 1 aliphatic heterocycles. The summed E-state index contributed by atoms with van der Waals surface area (Å²) in [5, 5.41) is 4.22. The largest absolute Gasteiger partial charge is 0.382 e. The highest BCUT2D eigenvalue weighted by molar-refractivity contribution is 5.96. The molecule has 2 N–H and O–H groups in total. The quantitative estimate of drug-likeness (QED) is 0.621. The van der Waals surface area contributed by atoms with Crippen LogP contribution in [0.5, 0.6) is 0 Å². The third-order valence-corrected chi connectivity index (χ3v) is 3.00. The Morgan fingerprint density at radius 3 is 3.33 bits per heavy atom. The third-order valence-electron chi connectivity index (χ3n) is 3.00. The van der Waals surface area contributed by atoms with E-state index in [-0.39, 0.29) is 6.04 Å². The van der Waals surface area contributed by atoms with Crippen LogP contribution in [0.4, 0.5) is 0 Å². The van der Waals surface area contributed by atoms with Crippen molar-refractivity contribution in [3.8, 4) is 0 Å². The van der Waals surface area contributed by atoms with Crippen LogP contribution in [-0.4, -0.2) is 39.7 Å². The summed E-state index contributed by atoms with van der Waals surface area (Å²) in [6.07, 6.45) is 5.46. The highest BCUT2D eigenvalue weighted by Crippen LogP contribution is 2.11. The summed E-state index contributed by atoms with van der Waals surface area (Å²) >= 11 is 0. The number of aliphatic imine (C=N–C) groups is 1. The summed E-state index contributed by atoms with van der Waals surface area (Å²) in [6, 6.07) is 3.87. The van der Waals surface area contributed by atoms with Crippen molar-refractivity contribution in [3.05, 3.63) is 30.2 Å². The lowest BCUT2D eigenvalue weighted by Crippen LogP contribution is -2.26. The van der Waals surface area contributed by atoms with Crippen LogP contribution in [0.15, 0.2) is 29.5 Å². The number of ether oxygens (including phenoxy) is 1. The van der Waals surface area contributed by atoms with Gasteiger partial charge in [0.25, 0.3) is 0 Å². The van der Waals surface area contributed by atoms with Gasteiger partial charge in [0.15, 0.2) is 5.65 Å². The average molecular weight is 245 g/mol. The van der Waals surface area contributed by atoms with Gasteiger partial charge in [-0.05, 0) is 25.0 Å². The van der Waals surface area contributed by atoms with Crippen molar-refractivity contribution in [1.82, 2.24) is 14.6 Å². The molecule has 1 atom stereocenters. The number of hydrogen-bond acceptors (Lipinski definition) is 4. The highest BCUT2D eigenvalue weighted by Gasteiger charge is 2.15. The summed E-state index contributed by atoms with van der Waals surface area (Å²) < 4.78 is 7.08. The molecule has 0 radical (unpaired) electrons. The van der Waals surface area contributed by atoms with Gasteiger partial charge >= 0.3 is 0 Å². The number of fused-ring (bicyclic) bond motifs is 1. The second-order valence-corrected chi connectivity index (χ2v) is 4.32. The van der Waals surface area contributed by atoms with Crippen LogP contribution < -0.4 is 5.73 Å². The van der Waals surface area contributed by atoms with Crippen LogP contribution >= 0.6 is 0 Å². The van der Waals surface area contributed by atoms with Crippen molar-refractivity contribution < 1.29 is 4.74 Å². The van der Waals surface area contributed by atoms with E-state index < -0.39 is 0 Å². The van der Waals surface area contributed by atoms with Crippen molar-refractivity contribution in [2.45, 2.75) is 18.9 Å². The van der Waals surface area contributed by atoms with E-state index in [1.807, 2.05) is 12.1 Å². The van der Waals surface area contributed by atoms with Crippen molar-refractivity contribution in [2.75, 3.05) is 13.2 Å². The molecule has 0 aliphatic carbocycles. The van der Waals surface area contributed by atoms with Crippen molar-refractivity contribution >= 4 is 11.5 Å². The number of nitrogens with zero attached hydrogens (tertiary/aromatic N) is 4. The molecule has 6 heteroatoms. The number of imidazole rings is 1. The Bertz CT molecular complexity index is 571. The molecule has 2 aromatic rings. The molecular weight excluding hydrogens is 230 g/mol. The normalized spacial score (nSPS) is 21.3. The van der Waals surface area contributed by atoms with Gasteiger partial charge in [0.1, 0.15) is 11.5 Å². The molecule has 0 amide bonds. The van der Waals surface area contributed by atoms with Gasteiger partial charge in [-0.1, -0.05) is 0 Å². The van der Waals surface area contributed by atoms with E-state index in [1.54, 1.807) is 16.9 Å². The smallest absolute Gasteiger partial charge is 0.154 e. The predicted octanol–water partition coefficient (Wildman–Crippen LogP) is 0.614. The summed E-state index contributed by atoms with van der Waals surface area (Å²) in [5.41, 5.74) is 7.53. The zero-order valence-corrected chi connectivity index (χ0v) is 9.99. The molecule has 1 saturated heterocycles. The van der Waals surface area contributed by atoms with Crippen LogP contribution in [0.2, 0.25) is 0 Å². The van der Waals surface area contributed by atoms with Crippen LogP contribution in [0.3, 0.4) is 0 Å². The minimum atomic E-state index is 0.146. The lowest BCUT2D eigenvalue weighted by Gasteiger charge is -2.18. The van der Waals surface area contributed by atoms with Crippen molar-refractivity contribution in [1.29, 1.82) is 0 Å². The maximum Gasteiger partial charge on any atom is 0.154 e. The minimum absolute atomic E-state index is 0.146. The molecule has 6 nitrogen and oxygen atoms in total. The highest BCUT2D eigenvalue weighted by atomic mass is 16.5. The number of aromatic nitrogens is 3. The summed E-state index contributed by atoms with van der Waals surface area (Å²) in [6.45, 7) is 1.47. The maximum atomic E-state index is 6.03. The van der Waals surface area contributed by atoms with E-state index in [1.165, 1.54) is 0 Å². The van der Waals surface area contributed by atoms with Gasteiger partial charge in [-0.25, -0.2) is 9.50 Å². The monoisotopic (exact) mass is 245 g/mol. The first kappa shape index (κ1) is 11.2. The fourth-order valence-corrected chi connectivity index (χ4v) is 2.09. The zero-order valence-electron chi connectivity index (χ0n) is 9.99. The van der Waals surface area contributed by atoms with Crippen LogP contribution in [0.25, 0.3) is 5.65 Å². The van der Waals surface area contributed by atoms with Gasteiger partial charge < -0.3 is 10.5 Å². The molecule has 94 valence electrons. The second-order valence-electron chi connectivity index (χ2n) is 4.32. The molecular formula is C12H15N5O. The zero-order chi connectivity index (χ0) is 12.4. The number of nitrogens with two attached hydrogens (primary N) is 1. The Morgan fingerprint density at radius 1 is 1.56 bits per heavy atom. The van der Waals surface area contributed by atoms with Gasteiger partial charge in [-0.3, -0.25) is 4.99 Å². The van der Waals surface area contributed by atoms with Crippen molar-refractivity contribution in [2.24, 2.45) is 10.7 Å². The molecule has 3 rings (SSSR count). The van der Waals surface area contributed by atoms with Gasteiger partial charge in [0.2, 0.25) is 0 Å². The van der Waals surface area contributed by atoms with Gasteiger partial charge in [0.05, 0.1) is 18.8 Å². The molecule has 0 bridgehead atoms. The maximum absolute atomic E-state index is 6.03. The predicted molar refractivity (Wildman–Crippen MR) is 67.6 cm³/mol. The molecule has 18 heavy (non-hydrogen) atoms. The topological polar surface area (TPSA) is 77.8 Å². The Morgan fingerprint density at radius 2 is 2.50 bits per heavy atom. The first-order valence-corrected chi connectivity index (χ1v) is 6.05. The van der Waals surface area contributed by atoms with E-state index in [0.717, 1.165) is 30.8 Å². The van der Waals surface area contributed by atoms with Crippen molar-refractivity contribution in [3.63, 3.8) is 0 Å². The lowest BCUT2D eigenvalue weighted by atomic mass is 10.1. The number of hydrogen-bond donors (Lipinski definition) is 1. The Kier molecular flexibility index (Phi) is 2.93. The molecule has 1 unspecified atom stereocenters. The fraction of sp³-hybridized carbons (Fsp3) is 0.417. The van der Waals surface area contributed by atoms with E-state index in [2.05, 4.69) is 15.1 Å². The summed E-state index contributed by atoms with van der Waals surface area (Å²) in [5.74, 6) is 0.469. The van der Waals surface area contributed by atoms with Gasteiger partial charge in [0, 0.05) is 12.8 Å². The van der Waals surface area contributed by atoms with Crippen LogP contribution in [0, 0.1) is 0 Å². The van der Waals surface area contributed by atoms with Crippen LogP contribution in [-0.2, 0) is 4.74 Å². The minimum Gasteiger partial charge on any atom is -0.382 e. The van der Waals surface area contributed by atoms with Gasteiger partial charge in [-0.15, -0.1) is 0 Å².